The van der Waals surface area contributed by atoms with Gasteiger partial charge in [0.2, 0.25) is 0 Å². The van der Waals surface area contributed by atoms with E-state index in [1.165, 1.54) is 16.7 Å². The van der Waals surface area contributed by atoms with Crippen molar-refractivity contribution in [3.05, 3.63) is 76.3 Å². The fourth-order valence-corrected chi connectivity index (χ4v) is 4.00. The third kappa shape index (κ3) is 3.89. The Bertz CT molecular complexity index is 951. The molecule has 0 aliphatic carbocycles. The van der Waals surface area contributed by atoms with Crippen LogP contribution in [0, 0.1) is 0 Å². The van der Waals surface area contributed by atoms with E-state index in [-0.39, 0.29) is 0 Å². The molecule has 0 spiro atoms. The Labute approximate surface area is 171 Å². The Balaban J connectivity index is 1.72. The standard InChI is InChI=1S/C23H25ClN4/c1-27(2)23-11-10-22(25-26-23)17-6-9-20-18(14-17)15-28(3)13-12-21(20)16-4-7-19(24)8-5-16/h4-11,14,21H,12-13,15H2,1-3H3. The summed E-state index contributed by atoms with van der Waals surface area (Å²) >= 11 is 6.10. The van der Waals surface area contributed by atoms with Gasteiger partial charge in [-0.05, 0) is 67.0 Å². The maximum absolute atomic E-state index is 6.10. The van der Waals surface area contributed by atoms with Crippen molar-refractivity contribution in [1.29, 1.82) is 0 Å². The molecule has 0 radical (unpaired) electrons. The van der Waals surface area contributed by atoms with Crippen LogP contribution in [-0.2, 0) is 6.54 Å². The second kappa shape index (κ2) is 7.90. The van der Waals surface area contributed by atoms with Gasteiger partial charge in [0.25, 0.3) is 0 Å². The lowest BCUT2D eigenvalue weighted by atomic mass is 9.86. The zero-order chi connectivity index (χ0) is 19.7. The van der Waals surface area contributed by atoms with Gasteiger partial charge in [0, 0.05) is 37.1 Å². The smallest absolute Gasteiger partial charge is 0.150 e. The lowest BCUT2D eigenvalue weighted by Crippen LogP contribution is -2.17. The van der Waals surface area contributed by atoms with Gasteiger partial charge in [-0.1, -0.05) is 35.9 Å². The zero-order valence-electron chi connectivity index (χ0n) is 16.6. The number of rotatable bonds is 3. The molecule has 1 atom stereocenters. The quantitative estimate of drug-likeness (QED) is 0.639. The third-order valence-electron chi connectivity index (χ3n) is 5.43. The molecule has 0 amide bonds. The second-order valence-electron chi connectivity index (χ2n) is 7.72. The van der Waals surface area contributed by atoms with E-state index in [4.69, 9.17) is 11.6 Å². The largest absolute Gasteiger partial charge is 0.361 e. The highest BCUT2D eigenvalue weighted by atomic mass is 35.5. The molecule has 0 bridgehead atoms. The van der Waals surface area contributed by atoms with Crippen molar-refractivity contribution in [2.75, 3.05) is 32.6 Å². The minimum absolute atomic E-state index is 0.383. The van der Waals surface area contributed by atoms with Crippen LogP contribution in [0.2, 0.25) is 5.02 Å². The molecular weight excluding hydrogens is 368 g/mol. The average molecular weight is 393 g/mol. The molecule has 1 unspecified atom stereocenters. The fourth-order valence-electron chi connectivity index (χ4n) is 3.88. The topological polar surface area (TPSA) is 32.3 Å². The lowest BCUT2D eigenvalue weighted by molar-refractivity contribution is 0.328. The molecule has 0 N–H and O–H groups in total. The molecule has 2 heterocycles. The second-order valence-corrected chi connectivity index (χ2v) is 8.15. The molecule has 1 aliphatic heterocycles. The first-order valence-corrected chi connectivity index (χ1v) is 9.97. The molecule has 0 saturated heterocycles. The molecule has 1 aliphatic rings. The number of hydrogen-bond donors (Lipinski definition) is 0. The van der Waals surface area contributed by atoms with Crippen molar-refractivity contribution in [3.63, 3.8) is 0 Å². The molecule has 144 valence electrons. The Morgan fingerprint density at radius 1 is 1.00 bits per heavy atom. The maximum Gasteiger partial charge on any atom is 0.150 e. The van der Waals surface area contributed by atoms with Crippen LogP contribution in [0.5, 0.6) is 0 Å². The van der Waals surface area contributed by atoms with E-state index in [0.717, 1.165) is 41.6 Å². The van der Waals surface area contributed by atoms with Crippen molar-refractivity contribution in [3.8, 4) is 11.3 Å². The van der Waals surface area contributed by atoms with Crippen molar-refractivity contribution in [1.82, 2.24) is 15.1 Å². The first-order chi connectivity index (χ1) is 13.5. The number of halogens is 1. The summed E-state index contributed by atoms with van der Waals surface area (Å²) in [5, 5.41) is 9.53. The van der Waals surface area contributed by atoms with Crippen LogP contribution in [0.3, 0.4) is 0 Å². The minimum atomic E-state index is 0.383. The third-order valence-corrected chi connectivity index (χ3v) is 5.69. The maximum atomic E-state index is 6.10. The first-order valence-electron chi connectivity index (χ1n) is 9.59. The van der Waals surface area contributed by atoms with Crippen molar-refractivity contribution in [2.45, 2.75) is 18.9 Å². The lowest BCUT2D eigenvalue weighted by Gasteiger charge is -2.19. The molecule has 3 aromatic rings. The summed E-state index contributed by atoms with van der Waals surface area (Å²) in [7, 11) is 6.13. The van der Waals surface area contributed by atoms with Gasteiger partial charge in [-0.2, -0.15) is 0 Å². The van der Waals surface area contributed by atoms with Gasteiger partial charge in [0.1, 0.15) is 0 Å². The first kappa shape index (κ1) is 18.9. The van der Waals surface area contributed by atoms with Crippen molar-refractivity contribution < 1.29 is 0 Å². The highest BCUT2D eigenvalue weighted by molar-refractivity contribution is 6.30. The van der Waals surface area contributed by atoms with Gasteiger partial charge in [0.05, 0.1) is 5.69 Å². The van der Waals surface area contributed by atoms with Crippen LogP contribution < -0.4 is 4.90 Å². The van der Waals surface area contributed by atoms with E-state index in [1.54, 1.807) is 0 Å². The number of aromatic nitrogens is 2. The van der Waals surface area contributed by atoms with E-state index in [2.05, 4.69) is 52.5 Å². The minimum Gasteiger partial charge on any atom is -0.361 e. The fraction of sp³-hybridized carbons (Fsp3) is 0.304. The highest BCUT2D eigenvalue weighted by Crippen LogP contribution is 2.36. The summed E-state index contributed by atoms with van der Waals surface area (Å²) in [5.41, 5.74) is 6.10. The molecule has 1 aromatic heterocycles. The molecular formula is C23H25ClN4. The van der Waals surface area contributed by atoms with Crippen LogP contribution in [0.4, 0.5) is 5.82 Å². The van der Waals surface area contributed by atoms with E-state index in [1.807, 2.05) is 43.3 Å². The number of benzene rings is 2. The molecule has 4 nitrogen and oxygen atoms in total. The predicted octanol–water partition coefficient (Wildman–Crippen LogP) is 4.83. The van der Waals surface area contributed by atoms with Crippen LogP contribution in [0.25, 0.3) is 11.3 Å². The van der Waals surface area contributed by atoms with E-state index in [9.17, 15) is 0 Å². The predicted molar refractivity (Wildman–Crippen MR) is 116 cm³/mol. The van der Waals surface area contributed by atoms with Crippen molar-refractivity contribution in [2.24, 2.45) is 0 Å². The number of nitrogens with zero attached hydrogens (tertiary/aromatic N) is 4. The Kier molecular flexibility index (Phi) is 5.33. The summed E-state index contributed by atoms with van der Waals surface area (Å²) in [4.78, 5) is 4.35. The van der Waals surface area contributed by atoms with E-state index < -0.39 is 0 Å². The normalized spacial score (nSPS) is 17.1. The van der Waals surface area contributed by atoms with Gasteiger partial charge in [-0.15, -0.1) is 10.2 Å². The van der Waals surface area contributed by atoms with Gasteiger partial charge in [-0.3, -0.25) is 0 Å². The summed E-state index contributed by atoms with van der Waals surface area (Å²) < 4.78 is 0. The van der Waals surface area contributed by atoms with Gasteiger partial charge >= 0.3 is 0 Å². The van der Waals surface area contributed by atoms with Crippen LogP contribution >= 0.6 is 11.6 Å². The number of hydrogen-bond acceptors (Lipinski definition) is 4. The van der Waals surface area contributed by atoms with Crippen molar-refractivity contribution >= 4 is 17.4 Å². The summed E-state index contributed by atoms with van der Waals surface area (Å²) in [6.07, 6.45) is 1.10. The summed E-state index contributed by atoms with van der Waals surface area (Å²) in [6.45, 7) is 2.01. The SMILES string of the molecule is CN1CCC(c2ccc(Cl)cc2)c2ccc(-c3ccc(N(C)C)nn3)cc2C1. The number of anilines is 1. The van der Waals surface area contributed by atoms with E-state index in [0.29, 0.717) is 5.92 Å². The molecule has 2 aromatic carbocycles. The Hall–Kier alpha value is -2.43. The van der Waals surface area contributed by atoms with E-state index >= 15 is 0 Å². The number of fused-ring (bicyclic) bond motifs is 1. The van der Waals surface area contributed by atoms with Gasteiger partial charge in [0.15, 0.2) is 5.82 Å². The van der Waals surface area contributed by atoms with Gasteiger partial charge in [-0.25, -0.2) is 0 Å². The molecule has 0 saturated carbocycles. The molecule has 4 rings (SSSR count). The summed E-state index contributed by atoms with van der Waals surface area (Å²) in [6, 6.07) is 19.1. The molecule has 5 heteroatoms. The zero-order valence-corrected chi connectivity index (χ0v) is 17.3. The van der Waals surface area contributed by atoms with Crippen LogP contribution in [0.15, 0.2) is 54.6 Å². The Morgan fingerprint density at radius 3 is 2.46 bits per heavy atom. The molecule has 28 heavy (non-hydrogen) atoms. The Morgan fingerprint density at radius 2 is 1.79 bits per heavy atom. The van der Waals surface area contributed by atoms with Crippen LogP contribution in [0.1, 0.15) is 29.0 Å². The highest BCUT2D eigenvalue weighted by Gasteiger charge is 2.23. The average Bonchev–Trinajstić information content (AvgIpc) is 2.86. The van der Waals surface area contributed by atoms with Crippen LogP contribution in [-0.4, -0.2) is 42.8 Å². The monoisotopic (exact) mass is 392 g/mol. The summed E-state index contributed by atoms with van der Waals surface area (Å²) in [5.74, 6) is 1.24. The van der Waals surface area contributed by atoms with Gasteiger partial charge < -0.3 is 9.80 Å². The molecule has 0 fully saturated rings.